The Morgan fingerprint density at radius 1 is 1.10 bits per heavy atom. The van der Waals surface area contributed by atoms with E-state index in [1.54, 1.807) is 5.32 Å². The first-order chi connectivity index (χ1) is 18.0. The molecule has 2 aliphatic heterocycles. The number of nitrogens with two attached hydrogens (primary N) is 1. The summed E-state index contributed by atoms with van der Waals surface area (Å²) in [4.78, 5) is 64.4. The van der Waals surface area contributed by atoms with Crippen molar-refractivity contribution in [2.45, 2.75) is 94.3 Å². The molecule has 0 aromatic rings. The molecule has 0 bridgehead atoms. The highest BCUT2D eigenvalue weighted by Gasteiger charge is 2.70. The van der Waals surface area contributed by atoms with E-state index in [0.29, 0.717) is 6.42 Å². The molecule has 3 saturated carbocycles. The Kier molecular flexibility index (Phi) is 6.22. The topological polar surface area (TPSA) is 151 Å². The molecule has 0 radical (unpaired) electrons. The number of primary amides is 1. The summed E-state index contributed by atoms with van der Waals surface area (Å²) in [6.07, 6.45) is -3.64. The van der Waals surface area contributed by atoms with Crippen molar-refractivity contribution in [2.24, 2.45) is 28.9 Å². The molecule has 6 atom stereocenters. The molecule has 0 aromatic heterocycles. The van der Waals surface area contributed by atoms with Gasteiger partial charge in [-0.05, 0) is 55.8 Å². The van der Waals surface area contributed by atoms with Gasteiger partial charge >= 0.3 is 12.1 Å². The maximum absolute atomic E-state index is 14.6. The molecular formula is C25H33F4N5O5. The number of carbonyl (C=O) groups is 5. The van der Waals surface area contributed by atoms with Gasteiger partial charge in [-0.3, -0.25) is 24.0 Å². The summed E-state index contributed by atoms with van der Waals surface area (Å²) in [6.45, 7) is 3.80. The first-order valence-corrected chi connectivity index (χ1v) is 13.3. The number of halogens is 4. The van der Waals surface area contributed by atoms with E-state index in [9.17, 15) is 41.5 Å². The van der Waals surface area contributed by atoms with Crippen LogP contribution in [0.5, 0.6) is 0 Å². The third-order valence-corrected chi connectivity index (χ3v) is 9.41. The van der Waals surface area contributed by atoms with Crippen LogP contribution in [-0.4, -0.2) is 76.5 Å². The van der Waals surface area contributed by atoms with Gasteiger partial charge in [-0.15, -0.1) is 0 Å². The van der Waals surface area contributed by atoms with Crippen molar-refractivity contribution in [3.05, 3.63) is 0 Å². The van der Waals surface area contributed by atoms with E-state index in [-0.39, 0.29) is 54.5 Å². The summed E-state index contributed by atoms with van der Waals surface area (Å²) in [5.41, 5.74) is 3.06. The smallest absolute Gasteiger partial charge is 0.368 e. The highest BCUT2D eigenvalue weighted by molar-refractivity contribution is 5.96. The molecule has 14 heteroatoms. The van der Waals surface area contributed by atoms with Crippen LogP contribution in [-0.2, 0) is 24.0 Å². The third-order valence-electron chi connectivity index (χ3n) is 9.41. The summed E-state index contributed by atoms with van der Waals surface area (Å²) >= 11 is 0. The van der Waals surface area contributed by atoms with Crippen molar-refractivity contribution in [2.75, 3.05) is 6.54 Å². The van der Waals surface area contributed by atoms with Crippen LogP contribution in [0, 0.1) is 23.2 Å². The Morgan fingerprint density at radius 2 is 1.74 bits per heavy atom. The van der Waals surface area contributed by atoms with Crippen LogP contribution in [0.25, 0.3) is 0 Å². The lowest BCUT2D eigenvalue weighted by Crippen LogP contribution is -2.59. The first-order valence-electron chi connectivity index (χ1n) is 13.3. The highest BCUT2D eigenvalue weighted by atomic mass is 19.4. The van der Waals surface area contributed by atoms with Gasteiger partial charge in [-0.25, -0.2) is 4.39 Å². The largest absolute Gasteiger partial charge is 0.471 e. The molecule has 5 amide bonds. The number of likely N-dealkylation sites (tertiary alicyclic amines) is 1. The van der Waals surface area contributed by atoms with Gasteiger partial charge in [0.2, 0.25) is 23.6 Å². The predicted octanol–water partition coefficient (Wildman–Crippen LogP) is 0.438. The van der Waals surface area contributed by atoms with Gasteiger partial charge < -0.3 is 26.6 Å². The van der Waals surface area contributed by atoms with Crippen molar-refractivity contribution < 1.29 is 41.5 Å². The Labute approximate surface area is 222 Å². The second-order valence-electron chi connectivity index (χ2n) is 12.6. The van der Waals surface area contributed by atoms with E-state index in [4.69, 9.17) is 5.73 Å². The average molecular weight is 560 g/mol. The van der Waals surface area contributed by atoms with Crippen molar-refractivity contribution in [3.8, 4) is 0 Å². The third kappa shape index (κ3) is 5.18. The molecule has 5 fully saturated rings. The van der Waals surface area contributed by atoms with Gasteiger partial charge in [0, 0.05) is 24.4 Å². The summed E-state index contributed by atoms with van der Waals surface area (Å²) in [7, 11) is 0. The second-order valence-corrected chi connectivity index (χ2v) is 12.6. The van der Waals surface area contributed by atoms with Gasteiger partial charge in [0.1, 0.15) is 23.8 Å². The molecule has 5 aliphatic rings. The minimum atomic E-state index is -5.28. The van der Waals surface area contributed by atoms with Gasteiger partial charge in [0.25, 0.3) is 0 Å². The molecule has 2 saturated heterocycles. The second kappa shape index (κ2) is 8.79. The van der Waals surface area contributed by atoms with E-state index >= 15 is 0 Å². The molecule has 216 valence electrons. The number of rotatable bonds is 9. The highest BCUT2D eigenvalue weighted by Crippen LogP contribution is 2.65. The van der Waals surface area contributed by atoms with Crippen LogP contribution >= 0.6 is 0 Å². The van der Waals surface area contributed by atoms with Crippen molar-refractivity contribution >= 4 is 29.5 Å². The number of hydrogen-bond donors (Lipinski definition) is 4. The Morgan fingerprint density at radius 3 is 2.26 bits per heavy atom. The van der Waals surface area contributed by atoms with E-state index in [2.05, 4.69) is 10.6 Å². The van der Waals surface area contributed by atoms with Gasteiger partial charge in [-0.1, -0.05) is 13.8 Å². The van der Waals surface area contributed by atoms with Crippen LogP contribution < -0.4 is 21.7 Å². The molecule has 0 aromatic carbocycles. The fraction of sp³-hybridized carbons (Fsp3) is 0.800. The lowest BCUT2D eigenvalue weighted by atomic mass is 9.94. The fourth-order valence-corrected chi connectivity index (χ4v) is 6.60. The molecule has 10 nitrogen and oxygen atoms in total. The van der Waals surface area contributed by atoms with Crippen molar-refractivity contribution in [1.82, 2.24) is 20.9 Å². The zero-order valence-corrected chi connectivity index (χ0v) is 21.7. The lowest BCUT2D eigenvalue weighted by Gasteiger charge is -2.34. The Hall–Kier alpha value is -2.93. The maximum Gasteiger partial charge on any atom is 0.471 e. The molecule has 0 unspecified atom stereocenters. The minimum absolute atomic E-state index is 0.0263. The molecule has 5 N–H and O–H groups in total. The predicted molar refractivity (Wildman–Crippen MR) is 126 cm³/mol. The lowest BCUT2D eigenvalue weighted by molar-refractivity contribution is -0.175. The Bertz CT molecular complexity index is 1120. The number of hydrogen-bond acceptors (Lipinski definition) is 5. The van der Waals surface area contributed by atoms with Crippen molar-refractivity contribution in [1.29, 1.82) is 0 Å². The van der Waals surface area contributed by atoms with Crippen LogP contribution in [0.4, 0.5) is 17.6 Å². The monoisotopic (exact) mass is 559 g/mol. The quantitative estimate of drug-likeness (QED) is 0.302. The summed E-state index contributed by atoms with van der Waals surface area (Å²) in [6, 6.07) is -4.18. The zero-order chi connectivity index (χ0) is 28.7. The molecule has 39 heavy (non-hydrogen) atoms. The molecule has 3 aliphatic carbocycles. The number of carbonyl (C=O) groups excluding carboxylic acids is 5. The van der Waals surface area contributed by atoms with E-state index in [1.165, 1.54) is 0 Å². The number of fused-ring (bicyclic) bond motifs is 1. The number of piperidine rings is 1. The number of alkyl halides is 4. The van der Waals surface area contributed by atoms with E-state index < -0.39 is 65.9 Å². The molecule has 5 rings (SSSR count). The SMILES string of the molecule is CC1(C)[C@@H]2[C@@H](C(=O)N[C@@H](C[C@@H]3CC4(CC4)NC3=O)C(N)=O)N(C(=O)[C@H](CC3(F)CC3)NC(=O)C(F)(F)F)C[C@@H]21. The van der Waals surface area contributed by atoms with Crippen LogP contribution in [0.2, 0.25) is 0 Å². The minimum Gasteiger partial charge on any atom is -0.368 e. The molecule has 2 heterocycles. The molecule has 1 spiro atoms. The fourth-order valence-electron chi connectivity index (χ4n) is 6.60. The van der Waals surface area contributed by atoms with Crippen molar-refractivity contribution in [3.63, 3.8) is 0 Å². The number of amides is 5. The van der Waals surface area contributed by atoms with Crippen LogP contribution in [0.15, 0.2) is 0 Å². The van der Waals surface area contributed by atoms with Crippen LogP contribution in [0.1, 0.15) is 58.8 Å². The summed E-state index contributed by atoms with van der Waals surface area (Å²) < 4.78 is 53.5. The van der Waals surface area contributed by atoms with Gasteiger partial charge in [0.15, 0.2) is 0 Å². The first kappa shape index (κ1) is 27.6. The summed E-state index contributed by atoms with van der Waals surface area (Å²) in [5, 5.41) is 7.10. The Balaban J connectivity index is 1.33. The average Bonchev–Trinajstić information content (AvgIpc) is 3.74. The van der Waals surface area contributed by atoms with Gasteiger partial charge in [-0.2, -0.15) is 13.2 Å². The van der Waals surface area contributed by atoms with E-state index in [0.717, 1.165) is 17.7 Å². The molecular weight excluding hydrogens is 526 g/mol. The number of nitrogens with one attached hydrogen (secondary N) is 3. The standard InChI is InChI=1S/C25H33F4N5O5/c1-22(2)12-10-34(20(38)14(9-23(26)3-4-23)32-21(39)25(27,28)29)16(15(12)22)19(37)31-13(17(30)35)7-11-8-24(5-6-24)33-18(11)36/h11-16H,3-10H2,1-2H3,(H2,30,35)(H,31,37)(H,32,39)(H,33,36)/t11-,12+,13+,14+,15+,16+/m1/s1. The zero-order valence-electron chi connectivity index (χ0n) is 21.7. The van der Waals surface area contributed by atoms with Gasteiger partial charge in [0.05, 0.1) is 0 Å². The summed E-state index contributed by atoms with van der Waals surface area (Å²) in [5.74, 6) is -6.21. The number of nitrogens with zero attached hydrogens (tertiary/aromatic N) is 1. The van der Waals surface area contributed by atoms with E-state index in [1.807, 2.05) is 13.8 Å². The normalized spacial score (nSPS) is 32.1. The van der Waals surface area contributed by atoms with Crippen LogP contribution in [0.3, 0.4) is 0 Å². The maximum atomic E-state index is 14.6.